The summed E-state index contributed by atoms with van der Waals surface area (Å²) in [7, 11) is 0. The van der Waals surface area contributed by atoms with Crippen LogP contribution >= 0.6 is 0 Å². The van der Waals surface area contributed by atoms with E-state index in [1.807, 2.05) is 6.07 Å². The van der Waals surface area contributed by atoms with Gasteiger partial charge >= 0.3 is 0 Å². The number of hydrogen-bond acceptors (Lipinski definition) is 0. The molecule has 14 heavy (non-hydrogen) atoms. The summed E-state index contributed by atoms with van der Waals surface area (Å²) >= 11 is 0. The van der Waals surface area contributed by atoms with Crippen LogP contribution in [0.5, 0.6) is 0 Å². The highest BCUT2D eigenvalue weighted by molar-refractivity contribution is 5.45. The quantitative estimate of drug-likeness (QED) is 0.587. The van der Waals surface area contributed by atoms with E-state index in [4.69, 9.17) is 0 Å². The monoisotopic (exact) mass is 192 g/mol. The second-order valence-corrected chi connectivity index (χ2v) is 5.50. The van der Waals surface area contributed by atoms with Crippen LogP contribution in [0.15, 0.2) is 18.2 Å². The summed E-state index contributed by atoms with van der Waals surface area (Å²) in [6, 6.07) is 6.14. The maximum absolute atomic E-state index is 13.6. The van der Waals surface area contributed by atoms with E-state index < -0.39 is 5.67 Å². The van der Waals surface area contributed by atoms with Gasteiger partial charge in [-0.05, 0) is 29.0 Å². The lowest BCUT2D eigenvalue weighted by atomic mass is 9.73. The molecule has 0 saturated carbocycles. The third-order valence-electron chi connectivity index (χ3n) is 3.06. The van der Waals surface area contributed by atoms with Crippen LogP contribution in [0.2, 0.25) is 0 Å². The second kappa shape index (κ2) is 2.59. The minimum atomic E-state index is -1.08. The predicted molar refractivity (Wildman–Crippen MR) is 57.3 cm³/mol. The molecule has 2 rings (SSSR count). The molecule has 0 spiro atoms. The largest absolute Gasteiger partial charge is 0.239 e. The van der Waals surface area contributed by atoms with E-state index in [1.165, 1.54) is 11.1 Å². The van der Waals surface area contributed by atoms with Gasteiger partial charge in [0.2, 0.25) is 0 Å². The smallest absolute Gasteiger partial charge is 0.137 e. The molecule has 0 amide bonds. The highest BCUT2D eigenvalue weighted by atomic mass is 19.1. The molecule has 0 aromatic heterocycles. The van der Waals surface area contributed by atoms with Gasteiger partial charge in [0.1, 0.15) is 5.67 Å². The number of halogens is 1. The van der Waals surface area contributed by atoms with Crippen molar-refractivity contribution in [3.8, 4) is 0 Å². The Bertz CT molecular complexity index is 369. The molecule has 0 bridgehead atoms. The minimum absolute atomic E-state index is 0.164. The normalized spacial score (nSPS) is 25.5. The van der Waals surface area contributed by atoms with Gasteiger partial charge in [0.05, 0.1) is 0 Å². The van der Waals surface area contributed by atoms with E-state index in [0.717, 1.165) is 5.56 Å². The van der Waals surface area contributed by atoms with Crippen molar-refractivity contribution in [2.45, 2.75) is 45.2 Å². The van der Waals surface area contributed by atoms with Crippen molar-refractivity contribution in [3.05, 3.63) is 34.9 Å². The number of alkyl halides is 1. The second-order valence-electron chi connectivity index (χ2n) is 5.50. The Morgan fingerprint density at radius 2 is 1.93 bits per heavy atom. The van der Waals surface area contributed by atoms with Gasteiger partial charge in [-0.15, -0.1) is 0 Å². The van der Waals surface area contributed by atoms with Crippen LogP contribution in [0.3, 0.4) is 0 Å². The van der Waals surface area contributed by atoms with E-state index in [0.29, 0.717) is 6.42 Å². The number of fused-ring (bicyclic) bond motifs is 1. The molecule has 1 aromatic carbocycles. The molecular formula is C13H17F. The topological polar surface area (TPSA) is 0 Å². The molecule has 0 N–H and O–H groups in total. The first-order valence-electron chi connectivity index (χ1n) is 5.13. The zero-order valence-corrected chi connectivity index (χ0v) is 9.32. The Hall–Kier alpha value is -0.850. The average molecular weight is 192 g/mol. The van der Waals surface area contributed by atoms with Crippen molar-refractivity contribution in [2.24, 2.45) is 0 Å². The fraction of sp³-hybridized carbons (Fsp3) is 0.538. The van der Waals surface area contributed by atoms with Crippen LogP contribution < -0.4 is 0 Å². The van der Waals surface area contributed by atoms with Crippen LogP contribution in [0.4, 0.5) is 4.39 Å². The number of rotatable bonds is 0. The minimum Gasteiger partial charge on any atom is -0.239 e. The molecule has 0 aliphatic heterocycles. The zero-order valence-electron chi connectivity index (χ0n) is 9.32. The Kier molecular flexibility index (Phi) is 1.79. The molecule has 1 aliphatic carbocycles. The fourth-order valence-corrected chi connectivity index (χ4v) is 2.06. The summed E-state index contributed by atoms with van der Waals surface area (Å²) < 4.78 is 13.6. The van der Waals surface area contributed by atoms with Crippen LogP contribution in [0.1, 0.15) is 44.4 Å². The lowest BCUT2D eigenvalue weighted by Gasteiger charge is -2.35. The van der Waals surface area contributed by atoms with Gasteiger partial charge in [-0.1, -0.05) is 39.0 Å². The number of benzene rings is 1. The molecule has 0 radical (unpaired) electrons. The number of hydrogen-bond donors (Lipinski definition) is 0. The Morgan fingerprint density at radius 3 is 2.36 bits per heavy atom. The molecule has 1 aliphatic rings. The van der Waals surface area contributed by atoms with Gasteiger partial charge < -0.3 is 0 Å². The lowest BCUT2D eigenvalue weighted by molar-refractivity contribution is 0.158. The Morgan fingerprint density at radius 1 is 1.29 bits per heavy atom. The van der Waals surface area contributed by atoms with E-state index in [2.05, 4.69) is 32.9 Å². The Labute approximate surface area is 85.1 Å². The van der Waals surface area contributed by atoms with E-state index in [9.17, 15) is 4.39 Å². The molecule has 0 heterocycles. The van der Waals surface area contributed by atoms with Gasteiger partial charge in [0.25, 0.3) is 0 Å². The first-order chi connectivity index (χ1) is 6.31. The summed E-state index contributed by atoms with van der Waals surface area (Å²) in [5, 5.41) is 0. The van der Waals surface area contributed by atoms with Crippen LogP contribution in [0.25, 0.3) is 0 Å². The van der Waals surface area contributed by atoms with Crippen LogP contribution in [-0.4, -0.2) is 0 Å². The SMILES string of the molecule is CC(C)(C)c1ccc2c(c1)CC2(C)F. The summed E-state index contributed by atoms with van der Waals surface area (Å²) in [6.45, 7) is 8.21. The van der Waals surface area contributed by atoms with Gasteiger partial charge in [-0.2, -0.15) is 0 Å². The van der Waals surface area contributed by atoms with Crippen molar-refractivity contribution < 1.29 is 4.39 Å². The standard InChI is InChI=1S/C13H17F/c1-12(2,3)10-5-6-11-9(7-10)8-13(11,4)14/h5-7H,8H2,1-4H3. The third-order valence-corrected chi connectivity index (χ3v) is 3.06. The van der Waals surface area contributed by atoms with Crippen molar-refractivity contribution in [2.75, 3.05) is 0 Å². The summed E-state index contributed by atoms with van der Waals surface area (Å²) in [4.78, 5) is 0. The third kappa shape index (κ3) is 1.35. The molecule has 0 saturated heterocycles. The molecule has 1 unspecified atom stereocenters. The van der Waals surface area contributed by atoms with Crippen molar-refractivity contribution in [1.29, 1.82) is 0 Å². The maximum Gasteiger partial charge on any atom is 0.137 e. The maximum atomic E-state index is 13.6. The molecular weight excluding hydrogens is 175 g/mol. The highest BCUT2D eigenvalue weighted by Gasteiger charge is 2.38. The van der Waals surface area contributed by atoms with Crippen LogP contribution in [-0.2, 0) is 17.5 Å². The van der Waals surface area contributed by atoms with Crippen molar-refractivity contribution >= 4 is 0 Å². The average Bonchev–Trinajstić information content (AvgIpc) is 2.00. The van der Waals surface area contributed by atoms with Gasteiger partial charge in [0, 0.05) is 6.42 Å². The Balaban J connectivity index is 2.41. The molecule has 1 aromatic rings. The van der Waals surface area contributed by atoms with Gasteiger partial charge in [-0.25, -0.2) is 4.39 Å². The summed E-state index contributed by atoms with van der Waals surface area (Å²) in [5.74, 6) is 0. The molecule has 0 fully saturated rings. The lowest BCUT2D eigenvalue weighted by Crippen LogP contribution is -2.31. The van der Waals surface area contributed by atoms with E-state index in [1.54, 1.807) is 6.92 Å². The van der Waals surface area contributed by atoms with E-state index >= 15 is 0 Å². The molecule has 1 atom stereocenters. The zero-order chi connectivity index (χ0) is 10.6. The highest BCUT2D eigenvalue weighted by Crippen LogP contribution is 2.43. The first-order valence-corrected chi connectivity index (χ1v) is 5.13. The van der Waals surface area contributed by atoms with Crippen molar-refractivity contribution in [3.63, 3.8) is 0 Å². The van der Waals surface area contributed by atoms with Crippen molar-refractivity contribution in [1.82, 2.24) is 0 Å². The molecule has 76 valence electrons. The molecule has 0 nitrogen and oxygen atoms in total. The predicted octanol–water partition coefficient (Wildman–Crippen LogP) is 3.72. The molecule has 1 heteroatoms. The van der Waals surface area contributed by atoms with Gasteiger partial charge in [-0.3, -0.25) is 0 Å². The van der Waals surface area contributed by atoms with E-state index in [-0.39, 0.29) is 5.41 Å². The van der Waals surface area contributed by atoms with Gasteiger partial charge in [0.15, 0.2) is 0 Å². The van der Waals surface area contributed by atoms with Crippen LogP contribution in [0, 0.1) is 0 Å². The summed E-state index contributed by atoms with van der Waals surface area (Å²) in [6.07, 6.45) is 0.576. The summed E-state index contributed by atoms with van der Waals surface area (Å²) in [5.41, 5.74) is 2.45. The fourth-order valence-electron chi connectivity index (χ4n) is 2.06. The first kappa shape index (κ1) is 9.70.